The highest BCUT2D eigenvalue weighted by Gasteiger charge is 2.28. The van der Waals surface area contributed by atoms with E-state index in [1.54, 1.807) is 13.2 Å². The van der Waals surface area contributed by atoms with E-state index in [-0.39, 0.29) is 36.5 Å². The van der Waals surface area contributed by atoms with E-state index < -0.39 is 20.9 Å². The fourth-order valence-corrected chi connectivity index (χ4v) is 5.07. The summed E-state index contributed by atoms with van der Waals surface area (Å²) in [4.78, 5) is 22.7. The summed E-state index contributed by atoms with van der Waals surface area (Å²) >= 11 is 0. The molecule has 10 nitrogen and oxygen atoms in total. The van der Waals surface area contributed by atoms with Gasteiger partial charge in [0.1, 0.15) is 5.56 Å². The Balaban J connectivity index is 1.57. The summed E-state index contributed by atoms with van der Waals surface area (Å²) in [6, 6.07) is 9.28. The van der Waals surface area contributed by atoms with E-state index >= 15 is 0 Å². The Labute approximate surface area is 186 Å². The summed E-state index contributed by atoms with van der Waals surface area (Å²) in [5.74, 6) is 0.398. The zero-order valence-electron chi connectivity index (χ0n) is 17.9. The van der Waals surface area contributed by atoms with Crippen molar-refractivity contribution in [3.8, 4) is 11.5 Å². The molecule has 32 heavy (non-hydrogen) atoms. The minimum Gasteiger partial charge on any atom is -0.493 e. The fourth-order valence-electron chi connectivity index (χ4n) is 3.60. The van der Waals surface area contributed by atoms with Crippen molar-refractivity contribution in [3.63, 3.8) is 0 Å². The van der Waals surface area contributed by atoms with Crippen LogP contribution in [0.2, 0.25) is 0 Å². The van der Waals surface area contributed by atoms with Crippen LogP contribution < -0.4 is 14.8 Å². The molecular weight excluding hydrogens is 438 g/mol. The third kappa shape index (κ3) is 5.17. The Morgan fingerprint density at radius 1 is 1.16 bits per heavy atom. The van der Waals surface area contributed by atoms with Crippen molar-refractivity contribution in [1.29, 1.82) is 0 Å². The van der Waals surface area contributed by atoms with Crippen molar-refractivity contribution in [3.05, 3.63) is 63.2 Å². The first-order valence-corrected chi connectivity index (χ1v) is 11.6. The number of nitrogens with zero attached hydrogens (tertiary/aromatic N) is 2. The highest BCUT2D eigenvalue weighted by atomic mass is 32.2. The number of methoxy groups -OCH3 is 2. The third-order valence-corrected chi connectivity index (χ3v) is 7.19. The lowest BCUT2D eigenvalue weighted by molar-refractivity contribution is -0.385. The molecule has 0 spiro atoms. The van der Waals surface area contributed by atoms with Crippen LogP contribution >= 0.6 is 0 Å². The first kappa shape index (κ1) is 23.5. The normalized spacial score (nSPS) is 13.8. The number of rotatable bonds is 9. The van der Waals surface area contributed by atoms with Gasteiger partial charge in [0.2, 0.25) is 10.0 Å². The summed E-state index contributed by atoms with van der Waals surface area (Å²) in [7, 11) is -0.462. The number of para-hydroxylation sites is 1. The number of hydrogen-bond acceptors (Lipinski definition) is 7. The van der Waals surface area contributed by atoms with Gasteiger partial charge in [-0.2, -0.15) is 4.31 Å². The van der Waals surface area contributed by atoms with E-state index in [4.69, 9.17) is 9.47 Å². The Morgan fingerprint density at radius 3 is 2.47 bits per heavy atom. The molecule has 11 heteroatoms. The number of carbonyl (C=O) groups is 1. The molecule has 0 atom stereocenters. The highest BCUT2D eigenvalue weighted by Crippen LogP contribution is 2.33. The SMILES string of the molecule is COc1cc2c(cc1OC)CN(S(=O)(=O)CCCNC(=O)c1ccccc1[N+](=O)[O-])CC2. The second kappa shape index (κ2) is 9.96. The molecule has 1 amide bonds. The first-order chi connectivity index (χ1) is 15.3. The average molecular weight is 464 g/mol. The monoisotopic (exact) mass is 463 g/mol. The minimum atomic E-state index is -3.54. The van der Waals surface area contributed by atoms with E-state index in [9.17, 15) is 23.3 Å². The van der Waals surface area contributed by atoms with Crippen molar-refractivity contribution in [2.24, 2.45) is 0 Å². The standard InChI is InChI=1S/C21H25N3O7S/c1-30-19-12-15-8-10-23(14-16(15)13-20(19)31-2)32(28,29)11-5-9-22-21(25)17-6-3-4-7-18(17)24(26)27/h3-4,6-7,12-13H,5,8-11,14H2,1-2H3,(H,22,25). The van der Waals surface area contributed by atoms with Gasteiger partial charge in [-0.15, -0.1) is 0 Å². The Bertz CT molecular complexity index is 1120. The molecule has 1 aliphatic rings. The Kier molecular flexibility index (Phi) is 7.31. The van der Waals surface area contributed by atoms with Crippen LogP contribution in [0, 0.1) is 10.1 Å². The van der Waals surface area contributed by atoms with Gasteiger partial charge < -0.3 is 14.8 Å². The smallest absolute Gasteiger partial charge is 0.282 e. The maximum absolute atomic E-state index is 12.8. The summed E-state index contributed by atoms with van der Waals surface area (Å²) in [6.45, 7) is 0.674. The number of ether oxygens (including phenoxy) is 2. The summed E-state index contributed by atoms with van der Waals surface area (Å²) in [5.41, 5.74) is 1.53. The molecule has 0 saturated carbocycles. The van der Waals surface area contributed by atoms with Crippen LogP contribution in [0.5, 0.6) is 11.5 Å². The molecule has 2 aromatic rings. The van der Waals surface area contributed by atoms with E-state index in [1.165, 1.54) is 35.7 Å². The lowest BCUT2D eigenvalue weighted by Gasteiger charge is -2.29. The molecule has 0 bridgehead atoms. The number of carbonyl (C=O) groups excluding carboxylic acids is 1. The number of hydrogen-bond donors (Lipinski definition) is 1. The van der Waals surface area contributed by atoms with Gasteiger partial charge in [-0.05, 0) is 42.2 Å². The molecular formula is C21H25N3O7S. The predicted molar refractivity (Wildman–Crippen MR) is 117 cm³/mol. The molecule has 0 aliphatic carbocycles. The van der Waals surface area contributed by atoms with Crippen LogP contribution in [0.4, 0.5) is 5.69 Å². The highest BCUT2D eigenvalue weighted by molar-refractivity contribution is 7.89. The van der Waals surface area contributed by atoms with E-state index in [0.717, 1.165) is 11.1 Å². The van der Waals surface area contributed by atoms with Gasteiger partial charge in [0, 0.05) is 25.7 Å². The van der Waals surface area contributed by atoms with E-state index in [0.29, 0.717) is 24.5 Å². The summed E-state index contributed by atoms with van der Waals surface area (Å²) in [6.07, 6.45) is 0.743. The largest absolute Gasteiger partial charge is 0.493 e. The quantitative estimate of drug-likeness (QED) is 0.343. The Morgan fingerprint density at radius 2 is 1.81 bits per heavy atom. The number of nitrogens with one attached hydrogen (secondary N) is 1. The molecule has 1 aliphatic heterocycles. The predicted octanol–water partition coefficient (Wildman–Crippen LogP) is 2.12. The maximum atomic E-state index is 12.8. The minimum absolute atomic E-state index is 0.0580. The van der Waals surface area contributed by atoms with Crippen molar-refractivity contribution in [1.82, 2.24) is 9.62 Å². The van der Waals surface area contributed by atoms with Crippen LogP contribution in [0.3, 0.4) is 0 Å². The van der Waals surface area contributed by atoms with Gasteiger partial charge in [-0.1, -0.05) is 12.1 Å². The second-order valence-corrected chi connectivity index (χ2v) is 9.35. The fraction of sp³-hybridized carbons (Fsp3) is 0.381. The van der Waals surface area contributed by atoms with Gasteiger partial charge >= 0.3 is 0 Å². The maximum Gasteiger partial charge on any atom is 0.282 e. The van der Waals surface area contributed by atoms with Gasteiger partial charge in [0.25, 0.3) is 11.6 Å². The van der Waals surface area contributed by atoms with Crippen LogP contribution in [-0.4, -0.2) is 56.6 Å². The zero-order chi connectivity index (χ0) is 23.3. The van der Waals surface area contributed by atoms with Crippen molar-refractivity contribution >= 4 is 21.6 Å². The lowest BCUT2D eigenvalue weighted by Crippen LogP contribution is -2.38. The number of amides is 1. The molecule has 1 N–H and O–H groups in total. The second-order valence-electron chi connectivity index (χ2n) is 7.26. The van der Waals surface area contributed by atoms with Crippen molar-refractivity contribution in [2.45, 2.75) is 19.4 Å². The number of nitro groups is 1. The van der Waals surface area contributed by atoms with Crippen LogP contribution in [0.15, 0.2) is 36.4 Å². The number of nitro benzene ring substituents is 1. The first-order valence-electron chi connectivity index (χ1n) is 10.00. The molecule has 172 valence electrons. The van der Waals surface area contributed by atoms with E-state index in [1.807, 2.05) is 6.07 Å². The van der Waals surface area contributed by atoms with Gasteiger partial charge in [0.15, 0.2) is 11.5 Å². The van der Waals surface area contributed by atoms with Crippen molar-refractivity contribution in [2.75, 3.05) is 33.1 Å². The van der Waals surface area contributed by atoms with Gasteiger partial charge in [-0.25, -0.2) is 8.42 Å². The molecule has 0 radical (unpaired) electrons. The topological polar surface area (TPSA) is 128 Å². The zero-order valence-corrected chi connectivity index (χ0v) is 18.7. The molecule has 0 fully saturated rings. The molecule has 0 unspecified atom stereocenters. The van der Waals surface area contributed by atoms with Gasteiger partial charge in [-0.3, -0.25) is 14.9 Å². The van der Waals surface area contributed by atoms with E-state index in [2.05, 4.69) is 5.32 Å². The molecule has 0 aromatic heterocycles. The summed E-state index contributed by atoms with van der Waals surface area (Å²) in [5, 5.41) is 13.6. The third-order valence-electron chi connectivity index (χ3n) is 5.29. The molecule has 3 rings (SSSR count). The van der Waals surface area contributed by atoms with Crippen molar-refractivity contribution < 1.29 is 27.6 Å². The average Bonchev–Trinajstić information content (AvgIpc) is 2.80. The van der Waals surface area contributed by atoms with Crippen LogP contribution in [-0.2, 0) is 23.0 Å². The number of fused-ring (bicyclic) bond motifs is 1. The summed E-state index contributed by atoms with van der Waals surface area (Å²) < 4.78 is 37.6. The molecule has 1 heterocycles. The van der Waals surface area contributed by atoms with Gasteiger partial charge in [0.05, 0.1) is 24.9 Å². The molecule has 0 saturated heterocycles. The van der Waals surface area contributed by atoms with Crippen LogP contribution in [0.1, 0.15) is 27.9 Å². The molecule has 2 aromatic carbocycles. The lowest BCUT2D eigenvalue weighted by atomic mass is 10.0. The number of benzene rings is 2. The Hall–Kier alpha value is -3.18. The number of sulfonamides is 1. The van der Waals surface area contributed by atoms with Crippen LogP contribution in [0.25, 0.3) is 0 Å².